The molecular formula is C4Cl2N2S2. The molecule has 10 heavy (non-hydrogen) atoms. The molecule has 1 aliphatic heterocycles. The zero-order valence-corrected chi connectivity index (χ0v) is 7.61. The fourth-order valence-electron chi connectivity index (χ4n) is 0.342. The first-order valence-corrected chi connectivity index (χ1v) is 4.99. The zero-order chi connectivity index (χ0) is 7.56. The third-order valence-corrected chi connectivity index (χ3v) is 3.44. The molecule has 1 heterocycles. The number of allylic oxidation sites excluding steroid dienone is 2. The molecular weight excluding hydrogens is 211 g/mol. The summed E-state index contributed by atoms with van der Waals surface area (Å²) >= 11 is 11.1. The van der Waals surface area contributed by atoms with Crippen molar-refractivity contribution in [1.29, 1.82) is 5.26 Å². The molecule has 0 aromatic heterocycles. The van der Waals surface area contributed by atoms with Gasteiger partial charge in [-0.05, 0) is 10.8 Å². The molecule has 0 saturated carbocycles. The Bertz CT molecular complexity index is 252. The van der Waals surface area contributed by atoms with Gasteiger partial charge in [0.1, 0.15) is 11.1 Å². The van der Waals surface area contributed by atoms with Gasteiger partial charge in [0, 0.05) is 0 Å². The highest BCUT2D eigenvalue weighted by molar-refractivity contribution is 8.78. The van der Waals surface area contributed by atoms with Crippen molar-refractivity contribution >= 4 is 50.1 Å². The lowest BCUT2D eigenvalue weighted by atomic mass is 10.5. The van der Waals surface area contributed by atoms with Gasteiger partial charge in [0.25, 0.3) is 0 Å². The molecule has 0 amide bonds. The maximum Gasteiger partial charge on any atom is 0.155 e. The first-order chi connectivity index (χ1) is 4.75. The van der Waals surface area contributed by atoms with E-state index in [4.69, 9.17) is 28.5 Å². The van der Waals surface area contributed by atoms with Crippen molar-refractivity contribution in [2.75, 3.05) is 0 Å². The molecule has 0 unspecified atom stereocenters. The number of nitrogens with zero attached hydrogens (tertiary/aromatic N) is 2. The molecule has 0 bridgehead atoms. The number of nitriles is 1. The van der Waals surface area contributed by atoms with Gasteiger partial charge in [-0.3, -0.25) is 0 Å². The number of hydrogen-bond acceptors (Lipinski definition) is 4. The lowest BCUT2D eigenvalue weighted by Gasteiger charge is -1.88. The van der Waals surface area contributed by atoms with Crippen molar-refractivity contribution in [1.82, 2.24) is 0 Å². The van der Waals surface area contributed by atoms with Crippen LogP contribution in [0.25, 0.3) is 0 Å². The van der Waals surface area contributed by atoms with Gasteiger partial charge in [0.2, 0.25) is 0 Å². The average molecular weight is 211 g/mol. The van der Waals surface area contributed by atoms with E-state index in [0.29, 0.717) is 10.1 Å². The topological polar surface area (TPSA) is 36.1 Å². The summed E-state index contributed by atoms with van der Waals surface area (Å²) in [6.07, 6.45) is 0. The van der Waals surface area contributed by atoms with Gasteiger partial charge in [-0.2, -0.15) is 9.66 Å². The van der Waals surface area contributed by atoms with Crippen molar-refractivity contribution in [2.45, 2.75) is 0 Å². The SMILES string of the molecule is N#C/C(Cl)=C1/SSN=C1Cl. The van der Waals surface area contributed by atoms with E-state index in [-0.39, 0.29) is 5.03 Å². The third-order valence-electron chi connectivity index (χ3n) is 0.723. The van der Waals surface area contributed by atoms with Crippen molar-refractivity contribution in [2.24, 2.45) is 4.40 Å². The molecule has 52 valence electrons. The van der Waals surface area contributed by atoms with Crippen LogP contribution in [0.3, 0.4) is 0 Å². The molecule has 0 aliphatic carbocycles. The fraction of sp³-hybridized carbons (Fsp3) is 0. The molecule has 1 aliphatic rings. The summed E-state index contributed by atoms with van der Waals surface area (Å²) in [6.45, 7) is 0. The van der Waals surface area contributed by atoms with Gasteiger partial charge in [0.15, 0.2) is 5.17 Å². The van der Waals surface area contributed by atoms with Crippen LogP contribution >= 0.6 is 45.0 Å². The summed E-state index contributed by atoms with van der Waals surface area (Å²) in [7, 11) is 2.50. The zero-order valence-electron chi connectivity index (χ0n) is 4.47. The predicted molar refractivity (Wildman–Crippen MR) is 47.0 cm³/mol. The van der Waals surface area contributed by atoms with Crippen LogP contribution in [0.15, 0.2) is 14.3 Å². The minimum atomic E-state index is 0.101. The van der Waals surface area contributed by atoms with Crippen LogP contribution < -0.4 is 0 Å². The van der Waals surface area contributed by atoms with Gasteiger partial charge < -0.3 is 0 Å². The predicted octanol–water partition coefficient (Wildman–Crippen LogP) is 2.91. The molecule has 0 atom stereocenters. The van der Waals surface area contributed by atoms with Crippen LogP contribution in [0.4, 0.5) is 0 Å². The number of hydrogen-bond donors (Lipinski definition) is 0. The van der Waals surface area contributed by atoms with Crippen molar-refractivity contribution < 1.29 is 0 Å². The van der Waals surface area contributed by atoms with E-state index in [1.165, 1.54) is 21.8 Å². The van der Waals surface area contributed by atoms with Crippen LogP contribution in [0, 0.1) is 11.3 Å². The van der Waals surface area contributed by atoms with Crippen LogP contribution in [-0.2, 0) is 0 Å². The smallest absolute Gasteiger partial charge is 0.155 e. The highest BCUT2D eigenvalue weighted by Gasteiger charge is 2.17. The lowest BCUT2D eigenvalue weighted by molar-refractivity contribution is 1.52. The summed E-state index contributed by atoms with van der Waals surface area (Å²) in [5.41, 5.74) is 0. The molecule has 0 aromatic rings. The highest BCUT2D eigenvalue weighted by Crippen LogP contribution is 2.42. The van der Waals surface area contributed by atoms with E-state index in [2.05, 4.69) is 4.40 Å². The first kappa shape index (κ1) is 8.28. The summed E-state index contributed by atoms with van der Waals surface area (Å²) in [5, 5.41) is 8.74. The molecule has 0 spiro atoms. The molecule has 1 rings (SSSR count). The van der Waals surface area contributed by atoms with Gasteiger partial charge in [-0.15, -0.1) is 0 Å². The average Bonchev–Trinajstić information content (AvgIpc) is 2.34. The van der Waals surface area contributed by atoms with E-state index in [1.807, 2.05) is 0 Å². The second kappa shape index (κ2) is 3.54. The van der Waals surface area contributed by atoms with Crippen LogP contribution in [0.2, 0.25) is 0 Å². The van der Waals surface area contributed by atoms with Crippen LogP contribution in [0.1, 0.15) is 0 Å². The summed E-state index contributed by atoms with van der Waals surface area (Å²) in [4.78, 5) is 0.552. The minimum absolute atomic E-state index is 0.101. The minimum Gasteiger partial charge on any atom is -0.191 e. The van der Waals surface area contributed by atoms with Gasteiger partial charge in [0.05, 0.1) is 15.9 Å². The van der Waals surface area contributed by atoms with Gasteiger partial charge >= 0.3 is 0 Å². The van der Waals surface area contributed by atoms with E-state index in [9.17, 15) is 0 Å². The second-order valence-electron chi connectivity index (χ2n) is 1.29. The van der Waals surface area contributed by atoms with Gasteiger partial charge in [-0.1, -0.05) is 23.2 Å². The molecule has 0 N–H and O–H groups in total. The monoisotopic (exact) mass is 210 g/mol. The number of rotatable bonds is 0. The highest BCUT2D eigenvalue weighted by atomic mass is 35.5. The first-order valence-electron chi connectivity index (χ1n) is 2.13. The maximum atomic E-state index is 8.34. The normalized spacial score (nSPS) is 21.9. The Hall–Kier alpha value is 0.180. The number of halogens is 2. The van der Waals surface area contributed by atoms with E-state index >= 15 is 0 Å². The van der Waals surface area contributed by atoms with E-state index < -0.39 is 0 Å². The van der Waals surface area contributed by atoms with Crippen molar-refractivity contribution in [3.8, 4) is 6.07 Å². The quantitative estimate of drug-likeness (QED) is 0.351. The Morgan fingerprint density at radius 1 is 1.70 bits per heavy atom. The van der Waals surface area contributed by atoms with Crippen molar-refractivity contribution in [3.05, 3.63) is 9.94 Å². The fourth-order valence-corrected chi connectivity index (χ4v) is 2.91. The summed E-state index contributed by atoms with van der Waals surface area (Å²) in [6, 6.07) is 1.78. The molecule has 2 nitrogen and oxygen atoms in total. The summed E-state index contributed by atoms with van der Waals surface area (Å²) in [5.74, 6) is 0. The lowest BCUT2D eigenvalue weighted by Crippen LogP contribution is -1.84. The van der Waals surface area contributed by atoms with Crippen LogP contribution in [0.5, 0.6) is 0 Å². The second-order valence-corrected chi connectivity index (χ2v) is 3.88. The largest absolute Gasteiger partial charge is 0.191 e. The van der Waals surface area contributed by atoms with Gasteiger partial charge in [-0.25, -0.2) is 0 Å². The standard InChI is InChI=1S/C4Cl2N2S2/c5-2(1-7)3-4(6)8-10-9-3/b3-2-. The third kappa shape index (κ3) is 1.61. The van der Waals surface area contributed by atoms with E-state index in [1.54, 1.807) is 6.07 Å². The Morgan fingerprint density at radius 3 is 2.80 bits per heavy atom. The van der Waals surface area contributed by atoms with Crippen molar-refractivity contribution in [3.63, 3.8) is 0 Å². The maximum absolute atomic E-state index is 8.34. The molecule has 6 heteroatoms. The van der Waals surface area contributed by atoms with E-state index in [0.717, 1.165) is 0 Å². The molecule has 0 saturated heterocycles. The Labute approximate surface area is 75.8 Å². The molecule has 0 radical (unpaired) electrons. The Kier molecular flexibility index (Phi) is 2.93. The Morgan fingerprint density at radius 2 is 2.40 bits per heavy atom. The summed E-state index contributed by atoms with van der Waals surface area (Å²) < 4.78 is 3.75. The molecule has 0 fully saturated rings. The van der Waals surface area contributed by atoms with Crippen LogP contribution in [-0.4, -0.2) is 5.17 Å². The Balaban J connectivity index is 2.96. The molecule has 0 aromatic carbocycles.